The van der Waals surface area contributed by atoms with E-state index < -0.39 is 11.0 Å². The van der Waals surface area contributed by atoms with Gasteiger partial charge in [0.2, 0.25) is 0 Å². The zero-order valence-corrected chi connectivity index (χ0v) is 22.3. The second-order valence-corrected chi connectivity index (χ2v) is 9.61. The third-order valence-corrected chi connectivity index (χ3v) is 7.10. The van der Waals surface area contributed by atoms with Crippen molar-refractivity contribution in [2.24, 2.45) is 0 Å². The van der Waals surface area contributed by atoms with Gasteiger partial charge in [-0.1, -0.05) is 55.6 Å². The van der Waals surface area contributed by atoms with E-state index >= 15 is 0 Å². The maximum absolute atomic E-state index is 13.9. The molecule has 0 aliphatic heterocycles. The molecule has 0 spiro atoms. The number of para-hydroxylation sites is 1. The van der Waals surface area contributed by atoms with Gasteiger partial charge in [0.15, 0.2) is 0 Å². The van der Waals surface area contributed by atoms with Crippen molar-refractivity contribution >= 4 is 34.1 Å². The van der Waals surface area contributed by atoms with Crippen LogP contribution in [0.1, 0.15) is 60.9 Å². The monoisotopic (exact) mass is 532 g/mol. The van der Waals surface area contributed by atoms with Gasteiger partial charge in [0.1, 0.15) is 5.82 Å². The molecule has 0 saturated heterocycles. The number of benzene rings is 3. The van der Waals surface area contributed by atoms with E-state index in [1.807, 2.05) is 19.9 Å². The van der Waals surface area contributed by atoms with Crippen LogP contribution in [-0.2, 0) is 0 Å². The minimum atomic E-state index is -0.630. The molecular weight excluding hydrogens is 504 g/mol. The summed E-state index contributed by atoms with van der Waals surface area (Å²) in [6.45, 7) is 6.13. The summed E-state index contributed by atoms with van der Waals surface area (Å²) in [7, 11) is 0. The van der Waals surface area contributed by atoms with Crippen molar-refractivity contribution in [2.75, 3.05) is 6.54 Å². The average molecular weight is 533 g/mol. The first kappa shape index (κ1) is 27.0. The summed E-state index contributed by atoms with van der Waals surface area (Å²) >= 11 is 6.43. The molecule has 196 valence electrons. The van der Waals surface area contributed by atoms with E-state index in [0.717, 1.165) is 19.3 Å². The van der Waals surface area contributed by atoms with Crippen molar-refractivity contribution in [2.45, 2.75) is 46.1 Å². The number of hydrogen-bond donors (Lipinski definition) is 0. The lowest BCUT2D eigenvalue weighted by Crippen LogP contribution is -2.38. The number of hydrogen-bond acceptors (Lipinski definition) is 5. The van der Waals surface area contributed by atoms with Crippen molar-refractivity contribution in [3.8, 4) is 5.69 Å². The molecule has 38 heavy (non-hydrogen) atoms. The highest BCUT2D eigenvalue weighted by atomic mass is 35.5. The predicted molar refractivity (Wildman–Crippen MR) is 149 cm³/mol. The second kappa shape index (κ2) is 11.6. The van der Waals surface area contributed by atoms with Gasteiger partial charge in [0.25, 0.3) is 17.2 Å². The quantitative estimate of drug-likeness (QED) is 0.136. The van der Waals surface area contributed by atoms with E-state index in [1.165, 1.54) is 22.8 Å². The van der Waals surface area contributed by atoms with E-state index in [9.17, 15) is 19.7 Å². The van der Waals surface area contributed by atoms with E-state index in [1.54, 1.807) is 47.4 Å². The van der Waals surface area contributed by atoms with E-state index in [0.29, 0.717) is 39.5 Å². The fourth-order valence-corrected chi connectivity index (χ4v) is 4.73. The molecule has 1 amide bonds. The molecule has 4 aromatic rings. The third-order valence-electron chi connectivity index (χ3n) is 6.69. The normalized spacial score (nSPS) is 11.9. The largest absolute Gasteiger partial charge is 0.329 e. The Kier molecular flexibility index (Phi) is 8.22. The van der Waals surface area contributed by atoms with Crippen LogP contribution >= 0.6 is 11.6 Å². The molecule has 4 rings (SSSR count). The van der Waals surface area contributed by atoms with Crippen LogP contribution in [0.15, 0.2) is 71.5 Å². The van der Waals surface area contributed by atoms with E-state index in [2.05, 4.69) is 6.92 Å². The summed E-state index contributed by atoms with van der Waals surface area (Å²) in [5.74, 6) is 0.0171. The Labute approximate surface area is 225 Å². The minimum Gasteiger partial charge on any atom is -0.329 e. The van der Waals surface area contributed by atoms with Crippen LogP contribution in [0.4, 0.5) is 5.69 Å². The molecule has 0 aliphatic carbocycles. The lowest BCUT2D eigenvalue weighted by Gasteiger charge is -2.31. The van der Waals surface area contributed by atoms with E-state index in [4.69, 9.17) is 16.6 Å². The zero-order valence-electron chi connectivity index (χ0n) is 21.6. The number of unbranched alkanes of at least 4 members (excludes halogenated alkanes) is 2. The van der Waals surface area contributed by atoms with Crippen LogP contribution in [0, 0.1) is 17.0 Å². The first-order chi connectivity index (χ1) is 18.2. The van der Waals surface area contributed by atoms with Gasteiger partial charge < -0.3 is 4.90 Å². The van der Waals surface area contributed by atoms with Crippen molar-refractivity contribution in [1.82, 2.24) is 14.5 Å². The molecule has 9 heteroatoms. The minimum absolute atomic E-state index is 0.160. The number of nitrogens with zero attached hydrogens (tertiary/aromatic N) is 4. The number of amides is 1. The summed E-state index contributed by atoms with van der Waals surface area (Å²) in [6.07, 6.45) is 2.58. The number of carbonyl (C=O) groups excluding carboxylic acids is 1. The first-order valence-corrected chi connectivity index (χ1v) is 12.9. The maximum atomic E-state index is 13.9. The molecule has 0 saturated carbocycles. The number of nitro groups is 1. The molecule has 0 fully saturated rings. The predicted octanol–water partition coefficient (Wildman–Crippen LogP) is 6.65. The Morgan fingerprint density at radius 1 is 1.11 bits per heavy atom. The van der Waals surface area contributed by atoms with Gasteiger partial charge in [-0.25, -0.2) is 4.98 Å². The molecule has 1 aromatic heterocycles. The molecule has 1 unspecified atom stereocenters. The topological polar surface area (TPSA) is 98.3 Å². The lowest BCUT2D eigenvalue weighted by atomic mass is 10.1. The maximum Gasteiger partial charge on any atom is 0.270 e. The number of halogens is 1. The number of fused-ring (bicyclic) bond motifs is 1. The summed E-state index contributed by atoms with van der Waals surface area (Å²) in [5, 5.41) is 12.3. The van der Waals surface area contributed by atoms with Crippen molar-refractivity contribution < 1.29 is 9.72 Å². The van der Waals surface area contributed by atoms with Crippen LogP contribution in [0.2, 0.25) is 5.02 Å². The van der Waals surface area contributed by atoms with Gasteiger partial charge in [-0.3, -0.25) is 24.3 Å². The Morgan fingerprint density at radius 2 is 1.84 bits per heavy atom. The number of nitro benzene ring substituents is 1. The highest BCUT2D eigenvalue weighted by molar-refractivity contribution is 6.31. The molecule has 3 aromatic carbocycles. The number of non-ortho nitro benzene ring substituents is 1. The van der Waals surface area contributed by atoms with Crippen molar-refractivity contribution in [1.29, 1.82) is 0 Å². The van der Waals surface area contributed by atoms with Gasteiger partial charge in [0.05, 0.1) is 27.6 Å². The average Bonchev–Trinajstić information content (AvgIpc) is 2.92. The molecule has 8 nitrogen and oxygen atoms in total. The van der Waals surface area contributed by atoms with Crippen LogP contribution in [0.5, 0.6) is 0 Å². The smallest absolute Gasteiger partial charge is 0.270 e. The van der Waals surface area contributed by atoms with Crippen molar-refractivity contribution in [3.05, 3.63) is 109 Å². The third kappa shape index (κ3) is 5.31. The van der Waals surface area contributed by atoms with Gasteiger partial charge in [-0.05, 0) is 56.2 Å². The Morgan fingerprint density at radius 3 is 2.58 bits per heavy atom. The number of aromatic nitrogens is 2. The van der Waals surface area contributed by atoms with Gasteiger partial charge in [-0.2, -0.15) is 0 Å². The summed E-state index contributed by atoms with van der Waals surface area (Å²) in [5.41, 5.74) is 1.59. The van der Waals surface area contributed by atoms with Crippen LogP contribution in [-0.4, -0.2) is 31.8 Å². The highest BCUT2D eigenvalue weighted by Gasteiger charge is 2.28. The fourth-order valence-electron chi connectivity index (χ4n) is 4.56. The molecule has 1 heterocycles. The summed E-state index contributed by atoms with van der Waals surface area (Å²) < 4.78 is 1.53. The molecule has 0 aliphatic rings. The van der Waals surface area contributed by atoms with Crippen molar-refractivity contribution in [3.63, 3.8) is 0 Å². The molecule has 1 atom stereocenters. The molecular formula is C29H29ClN4O4. The molecule has 0 N–H and O–H groups in total. The van der Waals surface area contributed by atoms with Crippen LogP contribution < -0.4 is 5.56 Å². The Bertz CT molecular complexity index is 1570. The van der Waals surface area contributed by atoms with Crippen LogP contribution in [0.25, 0.3) is 16.6 Å². The van der Waals surface area contributed by atoms with Gasteiger partial charge in [0, 0.05) is 29.3 Å². The second-order valence-electron chi connectivity index (χ2n) is 9.20. The van der Waals surface area contributed by atoms with Gasteiger partial charge >= 0.3 is 0 Å². The fraction of sp³-hybridized carbons (Fsp3) is 0.276. The highest BCUT2D eigenvalue weighted by Crippen LogP contribution is 2.28. The van der Waals surface area contributed by atoms with Crippen LogP contribution in [0.3, 0.4) is 0 Å². The lowest BCUT2D eigenvalue weighted by molar-refractivity contribution is -0.384. The SMILES string of the molecule is CCCCCN(C(=O)c1cccc([N+](=O)[O-])c1)C(C)c1nc2ccccc2c(=O)n1-c1cccc(Cl)c1C. The molecule has 0 bridgehead atoms. The zero-order chi connectivity index (χ0) is 27.4. The Balaban J connectivity index is 1.91. The summed E-state index contributed by atoms with van der Waals surface area (Å²) in [4.78, 5) is 45.0. The molecule has 0 radical (unpaired) electrons. The Hall–Kier alpha value is -4.04. The first-order valence-electron chi connectivity index (χ1n) is 12.6. The van der Waals surface area contributed by atoms with E-state index in [-0.39, 0.29) is 22.7 Å². The number of carbonyl (C=O) groups is 1. The number of rotatable bonds is 9. The standard InChI is InChI=1S/C29H29ClN4O4/c1-4-5-8-17-32(28(35)21-11-9-12-22(18-21)34(37)38)20(3)27-31-25-15-7-6-13-23(25)29(36)33(27)26-16-10-14-24(30)19(26)2/h6-7,9-16,18,20H,4-5,8,17H2,1-3H3. The van der Waals surface area contributed by atoms with Gasteiger partial charge in [-0.15, -0.1) is 0 Å². The summed E-state index contributed by atoms with van der Waals surface area (Å²) in [6, 6.07) is 17.5.